The second kappa shape index (κ2) is 14.7. The number of nitrogens with zero attached hydrogens (tertiary/aromatic N) is 1. The van der Waals surface area contributed by atoms with E-state index in [9.17, 15) is 0 Å². The normalized spacial score (nSPS) is 11.2. The molecule has 0 fully saturated rings. The Labute approximate surface area is 332 Å². The molecule has 0 spiro atoms. The van der Waals surface area contributed by atoms with Gasteiger partial charge in [-0.3, -0.25) is 0 Å². The van der Waals surface area contributed by atoms with E-state index >= 15 is 0 Å². The van der Waals surface area contributed by atoms with Gasteiger partial charge in [0, 0.05) is 42.8 Å². The quantitative estimate of drug-likeness (QED) is 0.150. The Bertz CT molecular complexity index is 2820. The number of hydrogen-bond acceptors (Lipinski definition) is 2. The van der Waals surface area contributed by atoms with Crippen molar-refractivity contribution in [1.29, 1.82) is 0 Å². The van der Waals surface area contributed by atoms with Crippen LogP contribution in [0.5, 0.6) is 0 Å². The molecule has 1 aromatic heterocycles. The Morgan fingerprint density at radius 1 is 0.268 bits per heavy atom. The monoisotopic (exact) mass is 731 g/mol. The minimum Gasteiger partial charge on any atom is -0.311 e. The Kier molecular flexibility index (Phi) is 8.79. The summed E-state index contributed by atoms with van der Waals surface area (Å²) in [4.78, 5) is 2.35. The first-order valence-electron chi connectivity index (χ1n) is 19.1. The fraction of sp³-hybridized carbons (Fsp3) is 0. The average Bonchev–Trinajstić information content (AvgIpc) is 3.66. The molecule has 0 aliphatic carbocycles. The van der Waals surface area contributed by atoms with Gasteiger partial charge < -0.3 is 4.90 Å². The SMILES string of the molecule is c1ccc(-c2ccc(N(c3ccc(-c4ccccc4)cc3)c3ccc(-c4cc(-c5ccccc5)c5sc6ccc(-c7ccccc7)cc6c5c4)cc3)cc2)cc1. The van der Waals surface area contributed by atoms with Crippen molar-refractivity contribution in [1.82, 2.24) is 0 Å². The zero-order chi connectivity index (χ0) is 37.3. The van der Waals surface area contributed by atoms with E-state index in [0.717, 1.165) is 17.1 Å². The van der Waals surface area contributed by atoms with Crippen LogP contribution in [0, 0.1) is 0 Å². The molecule has 1 heterocycles. The van der Waals surface area contributed by atoms with E-state index in [2.05, 4.69) is 229 Å². The van der Waals surface area contributed by atoms with E-state index in [4.69, 9.17) is 0 Å². The van der Waals surface area contributed by atoms with Crippen LogP contribution >= 0.6 is 11.3 Å². The van der Waals surface area contributed by atoms with Crippen molar-refractivity contribution in [2.24, 2.45) is 0 Å². The Morgan fingerprint density at radius 2 is 0.625 bits per heavy atom. The van der Waals surface area contributed by atoms with Crippen molar-refractivity contribution < 1.29 is 0 Å². The molecule has 0 atom stereocenters. The molecule has 0 saturated carbocycles. The Hall–Kier alpha value is -7.00. The van der Waals surface area contributed by atoms with E-state index < -0.39 is 0 Å². The molecule has 1 nitrogen and oxygen atoms in total. The van der Waals surface area contributed by atoms with Crippen LogP contribution in [0.15, 0.2) is 224 Å². The molecule has 0 radical (unpaired) electrons. The number of anilines is 3. The van der Waals surface area contributed by atoms with Crippen molar-refractivity contribution >= 4 is 48.6 Å². The van der Waals surface area contributed by atoms with Crippen LogP contribution in [-0.2, 0) is 0 Å². The smallest absolute Gasteiger partial charge is 0.0462 e. The van der Waals surface area contributed by atoms with Gasteiger partial charge >= 0.3 is 0 Å². The maximum Gasteiger partial charge on any atom is 0.0462 e. The predicted molar refractivity (Wildman–Crippen MR) is 241 cm³/mol. The topological polar surface area (TPSA) is 3.24 Å². The third kappa shape index (κ3) is 6.47. The van der Waals surface area contributed by atoms with Crippen LogP contribution in [0.25, 0.3) is 75.8 Å². The number of thiophene rings is 1. The molecule has 56 heavy (non-hydrogen) atoms. The van der Waals surface area contributed by atoms with Gasteiger partial charge in [-0.25, -0.2) is 0 Å². The third-order valence-corrected chi connectivity index (χ3v) is 11.9. The molecular weight excluding hydrogens is 695 g/mol. The van der Waals surface area contributed by atoms with Crippen LogP contribution in [0.1, 0.15) is 0 Å². The summed E-state index contributed by atoms with van der Waals surface area (Å²) in [6.07, 6.45) is 0. The van der Waals surface area contributed by atoms with E-state index in [1.165, 1.54) is 75.8 Å². The van der Waals surface area contributed by atoms with Gasteiger partial charge in [0.15, 0.2) is 0 Å². The molecule has 0 bridgehead atoms. The highest BCUT2D eigenvalue weighted by Gasteiger charge is 2.17. The zero-order valence-corrected chi connectivity index (χ0v) is 31.5. The van der Waals surface area contributed by atoms with Crippen LogP contribution in [0.4, 0.5) is 17.1 Å². The first-order valence-corrected chi connectivity index (χ1v) is 19.9. The minimum absolute atomic E-state index is 1.10. The largest absolute Gasteiger partial charge is 0.311 e. The van der Waals surface area contributed by atoms with Gasteiger partial charge in [-0.1, -0.05) is 164 Å². The van der Waals surface area contributed by atoms with Gasteiger partial charge in [0.05, 0.1) is 0 Å². The first-order chi connectivity index (χ1) is 27.7. The molecule has 0 aliphatic rings. The number of rotatable bonds is 8. The molecule has 10 aromatic rings. The highest BCUT2D eigenvalue weighted by molar-refractivity contribution is 7.26. The Balaban J connectivity index is 1.07. The number of hydrogen-bond donors (Lipinski definition) is 0. The highest BCUT2D eigenvalue weighted by atomic mass is 32.1. The summed E-state index contributed by atoms with van der Waals surface area (Å²) < 4.78 is 2.62. The van der Waals surface area contributed by atoms with Crippen LogP contribution in [0.3, 0.4) is 0 Å². The molecule has 0 N–H and O–H groups in total. The molecule has 9 aromatic carbocycles. The summed E-state index contributed by atoms with van der Waals surface area (Å²) in [6, 6.07) is 81.2. The van der Waals surface area contributed by atoms with Crippen molar-refractivity contribution in [3.8, 4) is 55.6 Å². The molecular formula is C54H37NS. The van der Waals surface area contributed by atoms with Crippen molar-refractivity contribution in [3.05, 3.63) is 224 Å². The standard InChI is InChI=1S/C54H37NS/c1-5-13-38(14-6-1)41-21-28-47(29-22-41)55(48-30-23-42(24-31-48)39-15-7-2-8-16-39)49-32-25-43(26-33-49)46-36-50(44-19-11-4-12-20-44)54-52(37-46)51-35-45(27-34-53(51)56-54)40-17-9-3-10-18-40/h1-37H. The molecule has 0 amide bonds. The zero-order valence-electron chi connectivity index (χ0n) is 30.7. The number of benzene rings is 9. The lowest BCUT2D eigenvalue weighted by Gasteiger charge is -2.26. The second-order valence-corrected chi connectivity index (χ2v) is 15.2. The van der Waals surface area contributed by atoms with E-state index in [-0.39, 0.29) is 0 Å². The van der Waals surface area contributed by atoms with Gasteiger partial charge in [0.25, 0.3) is 0 Å². The number of fused-ring (bicyclic) bond motifs is 3. The van der Waals surface area contributed by atoms with E-state index in [0.29, 0.717) is 0 Å². The molecule has 264 valence electrons. The molecule has 10 rings (SSSR count). The van der Waals surface area contributed by atoms with Crippen LogP contribution < -0.4 is 4.90 Å². The summed E-state index contributed by atoms with van der Waals surface area (Å²) in [5.41, 5.74) is 15.5. The van der Waals surface area contributed by atoms with Gasteiger partial charge in [-0.05, 0) is 111 Å². The van der Waals surface area contributed by atoms with Crippen LogP contribution in [0.2, 0.25) is 0 Å². The van der Waals surface area contributed by atoms with Crippen molar-refractivity contribution in [2.75, 3.05) is 4.90 Å². The van der Waals surface area contributed by atoms with E-state index in [1.807, 2.05) is 11.3 Å². The maximum absolute atomic E-state index is 2.40. The third-order valence-electron chi connectivity index (χ3n) is 10.7. The van der Waals surface area contributed by atoms with Gasteiger partial charge in [-0.2, -0.15) is 0 Å². The van der Waals surface area contributed by atoms with Gasteiger partial charge in [-0.15, -0.1) is 11.3 Å². The Morgan fingerprint density at radius 3 is 1.09 bits per heavy atom. The lowest BCUT2D eigenvalue weighted by atomic mass is 9.95. The van der Waals surface area contributed by atoms with E-state index in [1.54, 1.807) is 0 Å². The predicted octanol–water partition coefficient (Wildman–Crippen LogP) is 15.9. The summed E-state index contributed by atoms with van der Waals surface area (Å²) in [6.45, 7) is 0. The summed E-state index contributed by atoms with van der Waals surface area (Å²) >= 11 is 1.88. The lowest BCUT2D eigenvalue weighted by molar-refractivity contribution is 1.28. The molecule has 0 aliphatic heterocycles. The molecule has 0 saturated heterocycles. The second-order valence-electron chi connectivity index (χ2n) is 14.2. The molecule has 2 heteroatoms. The minimum atomic E-state index is 1.10. The fourth-order valence-electron chi connectivity index (χ4n) is 7.80. The van der Waals surface area contributed by atoms with Crippen molar-refractivity contribution in [2.45, 2.75) is 0 Å². The fourth-order valence-corrected chi connectivity index (χ4v) is 9.00. The summed E-state index contributed by atoms with van der Waals surface area (Å²) in [5.74, 6) is 0. The lowest BCUT2D eigenvalue weighted by Crippen LogP contribution is -2.09. The summed E-state index contributed by atoms with van der Waals surface area (Å²) in [7, 11) is 0. The van der Waals surface area contributed by atoms with Crippen LogP contribution in [-0.4, -0.2) is 0 Å². The van der Waals surface area contributed by atoms with Gasteiger partial charge in [0.2, 0.25) is 0 Å². The highest BCUT2D eigenvalue weighted by Crippen LogP contribution is 2.45. The maximum atomic E-state index is 2.40. The molecule has 0 unspecified atom stereocenters. The first kappa shape index (κ1) is 33.6. The average molecular weight is 732 g/mol. The van der Waals surface area contributed by atoms with Gasteiger partial charge in [0.1, 0.15) is 0 Å². The summed E-state index contributed by atoms with van der Waals surface area (Å²) in [5, 5.41) is 2.59. The van der Waals surface area contributed by atoms with Crippen molar-refractivity contribution in [3.63, 3.8) is 0 Å².